The molecule has 2 aromatic carbocycles. The third-order valence-electron chi connectivity index (χ3n) is 6.26. The molecule has 158 valence electrons. The quantitative estimate of drug-likeness (QED) is 0.582. The molecule has 0 spiro atoms. The summed E-state index contributed by atoms with van der Waals surface area (Å²) in [5.41, 5.74) is 7.40. The highest BCUT2D eigenvalue weighted by Gasteiger charge is 2.23. The van der Waals surface area contributed by atoms with Gasteiger partial charge in [-0.15, -0.1) is 0 Å². The van der Waals surface area contributed by atoms with Gasteiger partial charge in [0.25, 0.3) is 0 Å². The molecule has 3 N–H and O–H groups in total. The van der Waals surface area contributed by atoms with Crippen molar-refractivity contribution >= 4 is 23.0 Å². The first-order chi connectivity index (χ1) is 15.2. The van der Waals surface area contributed by atoms with Crippen molar-refractivity contribution in [2.45, 2.75) is 25.3 Å². The van der Waals surface area contributed by atoms with Gasteiger partial charge in [-0.25, -0.2) is 4.79 Å². The van der Waals surface area contributed by atoms with Crippen molar-refractivity contribution in [3.05, 3.63) is 83.2 Å². The van der Waals surface area contributed by atoms with Crippen molar-refractivity contribution in [1.82, 2.24) is 10.3 Å². The maximum atomic E-state index is 11.5. The van der Waals surface area contributed by atoms with Crippen LogP contribution in [-0.2, 0) is 12.8 Å². The van der Waals surface area contributed by atoms with E-state index in [-0.39, 0.29) is 11.6 Å². The maximum Gasteiger partial charge on any atom is 0.337 e. The summed E-state index contributed by atoms with van der Waals surface area (Å²) in [5.74, 6) is -0.951. The minimum Gasteiger partial charge on any atom is -0.478 e. The summed E-state index contributed by atoms with van der Waals surface area (Å²) >= 11 is 0. The number of rotatable bonds is 5. The molecule has 2 aliphatic rings. The average Bonchev–Trinajstić information content (AvgIpc) is 2.82. The number of para-hydroxylation sites is 1. The second kappa shape index (κ2) is 8.40. The Morgan fingerprint density at radius 2 is 2.06 bits per heavy atom. The van der Waals surface area contributed by atoms with Crippen molar-refractivity contribution in [3.63, 3.8) is 0 Å². The Kier molecular flexibility index (Phi) is 5.30. The Morgan fingerprint density at radius 3 is 2.97 bits per heavy atom. The second-order valence-corrected chi connectivity index (χ2v) is 8.13. The smallest absolute Gasteiger partial charge is 0.337 e. The Morgan fingerprint density at radius 1 is 1.16 bits per heavy atom. The van der Waals surface area contributed by atoms with Crippen LogP contribution < -0.4 is 15.5 Å². The highest BCUT2D eigenvalue weighted by Crippen LogP contribution is 2.35. The normalized spacial score (nSPS) is 17.5. The molecule has 6 heteroatoms. The van der Waals surface area contributed by atoms with Crippen LogP contribution in [0.2, 0.25) is 0 Å². The molecule has 3 aromatic rings. The maximum absolute atomic E-state index is 11.5. The van der Waals surface area contributed by atoms with Gasteiger partial charge < -0.3 is 20.6 Å². The Bertz CT molecular complexity index is 1110. The van der Waals surface area contributed by atoms with Gasteiger partial charge in [-0.3, -0.25) is 4.98 Å². The van der Waals surface area contributed by atoms with E-state index in [1.807, 2.05) is 0 Å². The second-order valence-electron chi connectivity index (χ2n) is 8.13. The number of nitrogens with zero attached hydrogens (tertiary/aromatic N) is 2. The van der Waals surface area contributed by atoms with Gasteiger partial charge in [-0.05, 0) is 66.8 Å². The SMILES string of the molecule is O=C(O)c1ccncc1NCC1NCCc2cc(N3CCCc4ccccc43)ccc21. The highest BCUT2D eigenvalue weighted by molar-refractivity contribution is 5.93. The molecule has 0 aliphatic carbocycles. The summed E-state index contributed by atoms with van der Waals surface area (Å²) in [4.78, 5) is 18.0. The number of aromatic carboxylic acids is 1. The van der Waals surface area contributed by atoms with Crippen LogP contribution in [0.1, 0.15) is 39.5 Å². The number of hydrogen-bond acceptors (Lipinski definition) is 5. The lowest BCUT2D eigenvalue weighted by molar-refractivity contribution is 0.0697. The van der Waals surface area contributed by atoms with Gasteiger partial charge in [-0.1, -0.05) is 24.3 Å². The van der Waals surface area contributed by atoms with Crippen molar-refractivity contribution < 1.29 is 9.90 Å². The van der Waals surface area contributed by atoms with Gasteiger partial charge in [0.15, 0.2) is 0 Å². The van der Waals surface area contributed by atoms with Crippen LogP contribution in [-0.4, -0.2) is 35.7 Å². The number of carboxylic acids is 1. The largest absolute Gasteiger partial charge is 0.478 e. The average molecular weight is 415 g/mol. The molecular formula is C25H26N4O2. The van der Waals surface area contributed by atoms with E-state index in [0.717, 1.165) is 25.9 Å². The monoisotopic (exact) mass is 414 g/mol. The lowest BCUT2D eigenvalue weighted by atomic mass is 9.92. The molecule has 1 atom stereocenters. The van der Waals surface area contributed by atoms with E-state index in [9.17, 15) is 9.90 Å². The van der Waals surface area contributed by atoms with Crippen LogP contribution in [0.15, 0.2) is 60.9 Å². The molecule has 3 heterocycles. The van der Waals surface area contributed by atoms with E-state index >= 15 is 0 Å². The number of benzene rings is 2. The number of nitrogens with one attached hydrogen (secondary N) is 2. The Hall–Kier alpha value is -3.38. The van der Waals surface area contributed by atoms with Crippen LogP contribution in [0.4, 0.5) is 17.1 Å². The van der Waals surface area contributed by atoms with Crippen LogP contribution in [0, 0.1) is 0 Å². The summed E-state index contributed by atoms with van der Waals surface area (Å²) < 4.78 is 0. The lowest BCUT2D eigenvalue weighted by Gasteiger charge is -2.33. The van der Waals surface area contributed by atoms with Gasteiger partial charge >= 0.3 is 5.97 Å². The van der Waals surface area contributed by atoms with Gasteiger partial charge in [-0.2, -0.15) is 0 Å². The topological polar surface area (TPSA) is 77.5 Å². The molecule has 0 amide bonds. The Balaban J connectivity index is 1.38. The summed E-state index contributed by atoms with van der Waals surface area (Å²) in [6.45, 7) is 2.54. The number of aromatic nitrogens is 1. The molecule has 0 fully saturated rings. The molecule has 0 saturated heterocycles. The zero-order valence-electron chi connectivity index (χ0n) is 17.3. The van der Waals surface area contributed by atoms with Crippen LogP contribution in [0.5, 0.6) is 0 Å². The molecular weight excluding hydrogens is 388 g/mol. The number of aryl methyl sites for hydroxylation is 1. The van der Waals surface area contributed by atoms with E-state index in [4.69, 9.17) is 0 Å². The van der Waals surface area contributed by atoms with Crippen molar-refractivity contribution in [2.24, 2.45) is 0 Å². The summed E-state index contributed by atoms with van der Waals surface area (Å²) in [5, 5.41) is 16.2. The molecule has 0 bridgehead atoms. The molecule has 31 heavy (non-hydrogen) atoms. The number of carboxylic acid groups (broad SMARTS) is 1. The molecule has 6 nitrogen and oxygen atoms in total. The molecule has 1 aromatic heterocycles. The van der Waals surface area contributed by atoms with E-state index in [1.165, 1.54) is 46.7 Å². The van der Waals surface area contributed by atoms with Gasteiger partial charge in [0.05, 0.1) is 17.4 Å². The first kappa shape index (κ1) is 19.6. The predicted octanol–water partition coefficient (Wildman–Crippen LogP) is 4.16. The molecule has 1 unspecified atom stereocenters. The van der Waals surface area contributed by atoms with E-state index in [1.54, 1.807) is 6.20 Å². The third kappa shape index (κ3) is 3.86. The van der Waals surface area contributed by atoms with E-state index in [0.29, 0.717) is 12.2 Å². The summed E-state index contributed by atoms with van der Waals surface area (Å²) in [7, 11) is 0. The van der Waals surface area contributed by atoms with Crippen molar-refractivity contribution in [3.8, 4) is 0 Å². The van der Waals surface area contributed by atoms with Crippen molar-refractivity contribution in [2.75, 3.05) is 29.9 Å². The zero-order valence-corrected chi connectivity index (χ0v) is 17.3. The fraction of sp³-hybridized carbons (Fsp3) is 0.280. The molecule has 2 aliphatic heterocycles. The first-order valence-electron chi connectivity index (χ1n) is 10.8. The van der Waals surface area contributed by atoms with Gasteiger partial charge in [0, 0.05) is 36.7 Å². The van der Waals surface area contributed by atoms with Gasteiger partial charge in [0.2, 0.25) is 0 Å². The molecule has 0 radical (unpaired) electrons. The van der Waals surface area contributed by atoms with Crippen LogP contribution in [0.25, 0.3) is 0 Å². The number of pyridine rings is 1. The first-order valence-corrected chi connectivity index (χ1v) is 10.8. The van der Waals surface area contributed by atoms with Gasteiger partial charge in [0.1, 0.15) is 0 Å². The number of fused-ring (bicyclic) bond motifs is 2. The number of hydrogen-bond donors (Lipinski definition) is 3. The number of carbonyl (C=O) groups is 1. The predicted molar refractivity (Wildman–Crippen MR) is 122 cm³/mol. The summed E-state index contributed by atoms with van der Waals surface area (Å²) in [6.07, 6.45) is 6.37. The number of anilines is 3. The Labute approximate surface area is 181 Å². The minimum absolute atomic E-state index is 0.119. The molecule has 5 rings (SSSR count). The van der Waals surface area contributed by atoms with E-state index < -0.39 is 5.97 Å². The van der Waals surface area contributed by atoms with Crippen LogP contribution in [0.3, 0.4) is 0 Å². The minimum atomic E-state index is -0.951. The fourth-order valence-electron chi connectivity index (χ4n) is 4.73. The van der Waals surface area contributed by atoms with Crippen molar-refractivity contribution in [1.29, 1.82) is 0 Å². The highest BCUT2D eigenvalue weighted by atomic mass is 16.4. The molecule has 0 saturated carbocycles. The lowest BCUT2D eigenvalue weighted by Crippen LogP contribution is -2.34. The fourth-order valence-corrected chi connectivity index (χ4v) is 4.73. The zero-order chi connectivity index (χ0) is 21.2. The third-order valence-corrected chi connectivity index (χ3v) is 6.26. The standard InChI is InChI=1S/C25H26N4O2/c30-25(31)21-10-11-26-15-22(21)28-16-23-20-8-7-19(14-18(20)9-12-27-23)29-13-3-5-17-4-1-2-6-24(17)29/h1-2,4,6-8,10-11,14-15,23,27-28H,3,5,9,12-13,16H2,(H,30,31). The summed E-state index contributed by atoms with van der Waals surface area (Å²) in [6, 6.07) is 17.1. The van der Waals surface area contributed by atoms with Crippen LogP contribution >= 0.6 is 0 Å². The van der Waals surface area contributed by atoms with E-state index in [2.05, 4.69) is 63.0 Å².